The number of ether oxygens (including phenoxy) is 1. The van der Waals surface area contributed by atoms with Crippen LogP contribution in [-0.4, -0.2) is 54.8 Å². The van der Waals surface area contributed by atoms with Gasteiger partial charge in [0.15, 0.2) is 0 Å². The lowest BCUT2D eigenvalue weighted by molar-refractivity contribution is 0.148. The summed E-state index contributed by atoms with van der Waals surface area (Å²) in [4.78, 5) is 19.0. The van der Waals surface area contributed by atoms with Gasteiger partial charge < -0.3 is 15.0 Å². The largest absolute Gasteiger partial charge is 0.381 e. The van der Waals surface area contributed by atoms with Crippen molar-refractivity contribution in [1.29, 1.82) is 0 Å². The van der Waals surface area contributed by atoms with Gasteiger partial charge in [0.05, 0.1) is 6.61 Å². The zero-order chi connectivity index (χ0) is 16.9. The lowest BCUT2D eigenvalue weighted by Gasteiger charge is -2.33. The van der Waals surface area contributed by atoms with Crippen LogP contribution in [0.15, 0.2) is 12.1 Å². The molecule has 0 radical (unpaired) electrons. The number of carbonyl (C=O) groups excluding carboxylic acids is 1. The minimum absolute atomic E-state index is 0.157. The van der Waals surface area contributed by atoms with Crippen LogP contribution in [0.5, 0.6) is 0 Å². The first-order valence-electron chi connectivity index (χ1n) is 8.91. The van der Waals surface area contributed by atoms with Crippen molar-refractivity contribution in [3.8, 4) is 0 Å². The van der Waals surface area contributed by atoms with E-state index >= 15 is 0 Å². The lowest BCUT2D eigenvalue weighted by Crippen LogP contribution is -2.47. The Morgan fingerprint density at radius 2 is 2.08 bits per heavy atom. The lowest BCUT2D eigenvalue weighted by atomic mass is 10.0. The highest BCUT2D eigenvalue weighted by molar-refractivity contribution is 5.88. The van der Waals surface area contributed by atoms with Gasteiger partial charge in [-0.25, -0.2) is 9.78 Å². The number of amides is 2. The molecule has 1 aromatic heterocycles. The maximum absolute atomic E-state index is 12.2. The topological polar surface area (TPSA) is 66.5 Å². The van der Waals surface area contributed by atoms with E-state index in [4.69, 9.17) is 4.74 Å². The Kier molecular flexibility index (Phi) is 5.68. The van der Waals surface area contributed by atoms with Crippen molar-refractivity contribution in [2.24, 2.45) is 5.92 Å². The Morgan fingerprint density at radius 1 is 1.29 bits per heavy atom. The van der Waals surface area contributed by atoms with E-state index in [0.29, 0.717) is 11.7 Å². The fourth-order valence-corrected chi connectivity index (χ4v) is 3.60. The van der Waals surface area contributed by atoms with Crippen LogP contribution in [-0.2, 0) is 4.74 Å². The molecule has 2 N–H and O–H groups in total. The van der Waals surface area contributed by atoms with Gasteiger partial charge >= 0.3 is 6.03 Å². The molecule has 1 atom stereocenters. The van der Waals surface area contributed by atoms with E-state index in [-0.39, 0.29) is 12.1 Å². The van der Waals surface area contributed by atoms with Crippen LogP contribution < -0.4 is 10.6 Å². The SMILES string of the molecule is Cc1cc(C)nc(NC(=O)NC2CCN(CC3CCOC3)CC2)c1. The average Bonchev–Trinajstić information content (AvgIpc) is 3.01. The summed E-state index contributed by atoms with van der Waals surface area (Å²) in [5.74, 6) is 1.30. The van der Waals surface area contributed by atoms with Crippen molar-refractivity contribution >= 4 is 11.8 Å². The van der Waals surface area contributed by atoms with Crippen molar-refractivity contribution in [2.75, 3.05) is 38.2 Å². The van der Waals surface area contributed by atoms with Crippen LogP contribution in [0.3, 0.4) is 0 Å². The average molecular weight is 332 g/mol. The molecule has 132 valence electrons. The number of aromatic nitrogens is 1. The molecule has 3 heterocycles. The van der Waals surface area contributed by atoms with Gasteiger partial charge in [0.2, 0.25) is 0 Å². The van der Waals surface area contributed by atoms with Crippen molar-refractivity contribution in [1.82, 2.24) is 15.2 Å². The zero-order valence-electron chi connectivity index (χ0n) is 14.7. The number of aryl methyl sites for hydroxylation is 2. The van der Waals surface area contributed by atoms with Crippen molar-refractivity contribution in [3.63, 3.8) is 0 Å². The van der Waals surface area contributed by atoms with E-state index in [2.05, 4.69) is 20.5 Å². The normalized spacial score (nSPS) is 22.5. The number of piperidine rings is 1. The molecule has 2 aliphatic heterocycles. The Balaban J connectivity index is 1.41. The predicted molar refractivity (Wildman–Crippen MR) is 94.3 cm³/mol. The molecule has 0 aliphatic carbocycles. The molecule has 6 heteroatoms. The molecule has 6 nitrogen and oxygen atoms in total. The third-order valence-corrected chi connectivity index (χ3v) is 4.80. The van der Waals surface area contributed by atoms with E-state index in [9.17, 15) is 4.79 Å². The second-order valence-electron chi connectivity index (χ2n) is 7.07. The number of hydrogen-bond donors (Lipinski definition) is 2. The molecule has 1 unspecified atom stereocenters. The number of rotatable bonds is 4. The highest BCUT2D eigenvalue weighted by Gasteiger charge is 2.24. The molecule has 24 heavy (non-hydrogen) atoms. The second-order valence-corrected chi connectivity index (χ2v) is 7.07. The van der Waals surface area contributed by atoms with Crippen LogP contribution in [0.25, 0.3) is 0 Å². The summed E-state index contributed by atoms with van der Waals surface area (Å²) in [5, 5.41) is 5.93. The molecule has 0 aromatic carbocycles. The summed E-state index contributed by atoms with van der Waals surface area (Å²) < 4.78 is 5.45. The molecule has 3 rings (SSSR count). The van der Waals surface area contributed by atoms with Gasteiger partial charge in [-0.3, -0.25) is 5.32 Å². The predicted octanol–water partition coefficient (Wildman–Crippen LogP) is 2.32. The highest BCUT2D eigenvalue weighted by atomic mass is 16.5. The van der Waals surface area contributed by atoms with Crippen LogP contribution in [0.4, 0.5) is 10.6 Å². The first-order chi connectivity index (χ1) is 11.6. The maximum Gasteiger partial charge on any atom is 0.320 e. The maximum atomic E-state index is 12.2. The summed E-state index contributed by atoms with van der Waals surface area (Å²) in [5.41, 5.74) is 2.01. The minimum Gasteiger partial charge on any atom is -0.381 e. The van der Waals surface area contributed by atoms with Crippen molar-refractivity contribution < 1.29 is 9.53 Å². The number of urea groups is 1. The first-order valence-corrected chi connectivity index (χ1v) is 8.91. The summed E-state index contributed by atoms with van der Waals surface area (Å²) in [6.45, 7) is 8.97. The van der Waals surface area contributed by atoms with Crippen LogP contribution in [0.2, 0.25) is 0 Å². The van der Waals surface area contributed by atoms with E-state index in [1.54, 1.807) is 0 Å². The number of hydrogen-bond acceptors (Lipinski definition) is 4. The van der Waals surface area contributed by atoms with Gasteiger partial charge in [0.25, 0.3) is 0 Å². The second kappa shape index (κ2) is 7.94. The zero-order valence-corrected chi connectivity index (χ0v) is 14.7. The molecule has 2 fully saturated rings. The van der Waals surface area contributed by atoms with Crippen molar-refractivity contribution in [3.05, 3.63) is 23.4 Å². The fraction of sp³-hybridized carbons (Fsp3) is 0.667. The van der Waals surface area contributed by atoms with Gasteiger partial charge in [-0.15, -0.1) is 0 Å². The van der Waals surface area contributed by atoms with E-state index in [0.717, 1.165) is 56.9 Å². The Morgan fingerprint density at radius 3 is 2.75 bits per heavy atom. The number of nitrogens with one attached hydrogen (secondary N) is 2. The van der Waals surface area contributed by atoms with E-state index in [1.807, 2.05) is 26.0 Å². The third kappa shape index (κ3) is 4.92. The van der Waals surface area contributed by atoms with Gasteiger partial charge in [-0.05, 0) is 56.7 Å². The molecule has 0 bridgehead atoms. The summed E-state index contributed by atoms with van der Waals surface area (Å²) >= 11 is 0. The summed E-state index contributed by atoms with van der Waals surface area (Å²) in [7, 11) is 0. The summed E-state index contributed by atoms with van der Waals surface area (Å²) in [6.07, 6.45) is 3.19. The molecule has 0 spiro atoms. The molecule has 2 amide bonds. The van der Waals surface area contributed by atoms with Gasteiger partial charge in [-0.2, -0.15) is 0 Å². The monoisotopic (exact) mass is 332 g/mol. The van der Waals surface area contributed by atoms with Crippen LogP contribution in [0, 0.1) is 19.8 Å². The minimum atomic E-state index is -0.157. The Hall–Kier alpha value is -1.66. The van der Waals surface area contributed by atoms with Gasteiger partial charge in [0.1, 0.15) is 5.82 Å². The standard InChI is InChI=1S/C18H28N4O2/c1-13-9-14(2)19-17(10-13)21-18(23)20-16-3-6-22(7-4-16)11-15-5-8-24-12-15/h9-10,15-16H,3-8,11-12H2,1-2H3,(H2,19,20,21,23). The molecular weight excluding hydrogens is 304 g/mol. The smallest absolute Gasteiger partial charge is 0.320 e. The fourth-order valence-electron chi connectivity index (χ4n) is 3.60. The Bertz CT molecular complexity index is 544. The molecule has 0 saturated carbocycles. The molecular formula is C18H28N4O2. The quantitative estimate of drug-likeness (QED) is 0.888. The van der Waals surface area contributed by atoms with Gasteiger partial charge in [0, 0.05) is 38.0 Å². The van der Waals surface area contributed by atoms with Crippen LogP contribution >= 0.6 is 0 Å². The van der Waals surface area contributed by atoms with Crippen LogP contribution in [0.1, 0.15) is 30.5 Å². The van der Waals surface area contributed by atoms with Gasteiger partial charge in [-0.1, -0.05) is 0 Å². The molecule has 1 aromatic rings. The van der Waals surface area contributed by atoms with Crippen molar-refractivity contribution in [2.45, 2.75) is 39.2 Å². The number of anilines is 1. The summed E-state index contributed by atoms with van der Waals surface area (Å²) in [6, 6.07) is 3.97. The number of pyridine rings is 1. The first kappa shape index (κ1) is 17.2. The molecule has 2 saturated heterocycles. The van der Waals surface area contributed by atoms with E-state index in [1.165, 1.54) is 6.42 Å². The molecule has 2 aliphatic rings. The number of likely N-dealkylation sites (tertiary alicyclic amines) is 1. The Labute approximate surface area is 144 Å². The van der Waals surface area contributed by atoms with E-state index < -0.39 is 0 Å². The third-order valence-electron chi connectivity index (χ3n) is 4.80. The number of nitrogens with zero attached hydrogens (tertiary/aromatic N) is 2. The highest BCUT2D eigenvalue weighted by Crippen LogP contribution is 2.18. The number of carbonyl (C=O) groups is 1.